The van der Waals surface area contributed by atoms with Crippen LogP contribution in [-0.4, -0.2) is 36.7 Å². The van der Waals surface area contributed by atoms with Crippen molar-refractivity contribution in [2.75, 3.05) is 18.1 Å². The topological polar surface area (TPSA) is 77.1 Å². The highest BCUT2D eigenvalue weighted by molar-refractivity contribution is 6.01. The molecule has 2 aromatic rings. The Kier molecular flexibility index (Phi) is 7.00. The molecule has 0 atom stereocenters. The molecule has 9 heteroatoms. The molecule has 0 saturated carbocycles. The van der Waals surface area contributed by atoms with Crippen molar-refractivity contribution in [1.29, 1.82) is 0 Å². The van der Waals surface area contributed by atoms with E-state index in [1.807, 2.05) is 0 Å². The third kappa shape index (κ3) is 6.74. The van der Waals surface area contributed by atoms with Crippen molar-refractivity contribution < 1.29 is 27.4 Å². The lowest BCUT2D eigenvalue weighted by molar-refractivity contribution is -0.0576. The maximum absolute atomic E-state index is 13.4. The molecule has 0 radical (unpaired) electrons. The number of nitrogens with zero attached hydrogens (tertiary/aromatic N) is 2. The molecule has 0 spiro atoms. The fraction of sp³-hybridized carbons (Fsp3) is 0.333. The predicted octanol–water partition coefficient (Wildman–Crippen LogP) is 5.54. The molecule has 3 rings (SSSR count). The summed E-state index contributed by atoms with van der Waals surface area (Å²) in [5.74, 6) is 0.435. The molecule has 1 aliphatic heterocycles. The second-order valence-corrected chi connectivity index (χ2v) is 8.51. The van der Waals surface area contributed by atoms with Crippen molar-refractivity contribution in [2.45, 2.75) is 39.0 Å². The molecule has 1 heterocycles. The van der Waals surface area contributed by atoms with E-state index in [-0.39, 0.29) is 18.0 Å². The van der Waals surface area contributed by atoms with Crippen LogP contribution in [0.25, 0.3) is 0 Å². The van der Waals surface area contributed by atoms with E-state index >= 15 is 0 Å². The van der Waals surface area contributed by atoms with E-state index in [0.29, 0.717) is 18.7 Å². The number of alkyl halides is 3. The number of benzene rings is 2. The summed E-state index contributed by atoms with van der Waals surface area (Å²) in [6.07, 6.45) is -3.72. The van der Waals surface area contributed by atoms with Crippen LogP contribution in [0.3, 0.4) is 0 Å². The lowest BCUT2D eigenvalue weighted by atomic mass is 10.1. The molecule has 0 bridgehead atoms. The summed E-state index contributed by atoms with van der Waals surface area (Å²) in [4.78, 5) is 17.6. The first-order valence-corrected chi connectivity index (χ1v) is 10.4. The van der Waals surface area contributed by atoms with Gasteiger partial charge in [0.1, 0.15) is 23.7 Å². The van der Waals surface area contributed by atoms with Crippen molar-refractivity contribution in [3.05, 3.63) is 65.9 Å². The Balaban J connectivity index is 1.69. The Morgan fingerprint density at radius 3 is 2.48 bits per heavy atom. The van der Waals surface area contributed by atoms with E-state index in [2.05, 4.69) is 4.99 Å². The van der Waals surface area contributed by atoms with Gasteiger partial charge in [0.25, 0.3) is 0 Å². The summed E-state index contributed by atoms with van der Waals surface area (Å²) in [6, 6.07) is 12.9. The van der Waals surface area contributed by atoms with Gasteiger partial charge in [-0.1, -0.05) is 18.2 Å². The quantitative estimate of drug-likeness (QED) is 0.593. The number of rotatable bonds is 5. The number of nitrogens with two attached hydrogens (primary N) is 1. The minimum Gasteiger partial charge on any atom is -0.487 e. The van der Waals surface area contributed by atoms with E-state index in [0.717, 1.165) is 17.3 Å². The van der Waals surface area contributed by atoms with Crippen LogP contribution in [0.1, 0.15) is 26.3 Å². The zero-order chi connectivity index (χ0) is 24.2. The first kappa shape index (κ1) is 24.2. The average molecular weight is 461 g/mol. The second kappa shape index (κ2) is 9.56. The van der Waals surface area contributed by atoms with Gasteiger partial charge in [-0.3, -0.25) is 4.90 Å². The molecule has 1 amide bonds. The highest BCUT2D eigenvalue weighted by Crippen LogP contribution is 2.32. The number of carbonyl (C=O) groups is 1. The van der Waals surface area contributed by atoms with Gasteiger partial charge in [-0.15, -0.1) is 0 Å². The molecule has 0 aliphatic carbocycles. The number of ether oxygens (including phenoxy) is 2. The number of allylic oxidation sites excluding steroid dienone is 1. The number of para-hydroxylation sites is 1. The third-order valence-electron chi connectivity index (χ3n) is 4.58. The zero-order valence-electron chi connectivity index (χ0n) is 18.6. The lowest BCUT2D eigenvalue weighted by Crippen LogP contribution is -2.35. The molecule has 1 aliphatic rings. The third-order valence-corrected chi connectivity index (χ3v) is 4.58. The maximum Gasteiger partial charge on any atom is 0.433 e. The standard InChI is InChI=1S/C24H26F3N3O3/c1-23(2,3)33-22(31)30-12-11-16-13-19(9-10-20(16)30)32-15-17(28)14-21(24(25,26)27)29-18-7-5-4-6-8-18/h4-10,13-14H,11-12,15,28H2,1-3H3. The van der Waals surface area contributed by atoms with Crippen LogP contribution in [0, 0.1) is 0 Å². The number of fused-ring (bicyclic) bond motifs is 1. The molecule has 0 unspecified atom stereocenters. The Morgan fingerprint density at radius 2 is 1.85 bits per heavy atom. The highest BCUT2D eigenvalue weighted by atomic mass is 19.4. The lowest BCUT2D eigenvalue weighted by Gasteiger charge is -2.24. The number of hydrogen-bond acceptors (Lipinski definition) is 5. The van der Waals surface area contributed by atoms with E-state index in [4.69, 9.17) is 15.2 Å². The first-order chi connectivity index (χ1) is 15.4. The number of halogens is 3. The fourth-order valence-corrected chi connectivity index (χ4v) is 3.18. The summed E-state index contributed by atoms with van der Waals surface area (Å²) in [7, 11) is 0. The van der Waals surface area contributed by atoms with Gasteiger partial charge >= 0.3 is 12.3 Å². The van der Waals surface area contributed by atoms with Crippen LogP contribution in [-0.2, 0) is 11.2 Å². The van der Waals surface area contributed by atoms with Crippen LogP contribution in [0.2, 0.25) is 0 Å². The summed E-state index contributed by atoms with van der Waals surface area (Å²) in [5.41, 5.74) is 5.71. The minimum atomic E-state index is -4.67. The van der Waals surface area contributed by atoms with Gasteiger partial charge in [0.05, 0.1) is 11.4 Å². The monoisotopic (exact) mass is 461 g/mol. The van der Waals surface area contributed by atoms with E-state index in [1.165, 1.54) is 12.1 Å². The van der Waals surface area contributed by atoms with Gasteiger partial charge in [0, 0.05) is 12.2 Å². The van der Waals surface area contributed by atoms with Gasteiger partial charge in [-0.2, -0.15) is 13.2 Å². The number of anilines is 1. The van der Waals surface area contributed by atoms with Crippen LogP contribution < -0.4 is 15.4 Å². The molecule has 0 aromatic heterocycles. The number of aliphatic imine (C=N–C) groups is 1. The second-order valence-electron chi connectivity index (χ2n) is 8.51. The van der Waals surface area contributed by atoms with Crippen LogP contribution in [0.15, 0.2) is 65.3 Å². The Bertz CT molecular complexity index is 1060. The van der Waals surface area contributed by atoms with E-state index in [1.54, 1.807) is 62.1 Å². The molecule has 2 aromatic carbocycles. The van der Waals surface area contributed by atoms with Crippen LogP contribution >= 0.6 is 0 Å². The summed E-state index contributed by atoms with van der Waals surface area (Å²) in [6.45, 7) is 5.61. The summed E-state index contributed by atoms with van der Waals surface area (Å²) in [5, 5.41) is 0. The Hall–Kier alpha value is -3.49. The molecule has 0 fully saturated rings. The predicted molar refractivity (Wildman–Crippen MR) is 121 cm³/mol. The van der Waals surface area contributed by atoms with E-state index in [9.17, 15) is 18.0 Å². The number of carbonyl (C=O) groups excluding carboxylic acids is 1. The van der Waals surface area contributed by atoms with Crippen LogP contribution in [0.4, 0.5) is 29.3 Å². The van der Waals surface area contributed by atoms with Gasteiger partial charge in [-0.25, -0.2) is 9.79 Å². The van der Waals surface area contributed by atoms with Gasteiger partial charge < -0.3 is 15.2 Å². The van der Waals surface area contributed by atoms with Crippen molar-refractivity contribution >= 4 is 23.2 Å². The SMILES string of the molecule is CC(C)(C)OC(=O)N1CCc2cc(OCC(N)=CC(=Nc3ccccc3)C(F)(F)F)ccc21. The molecule has 33 heavy (non-hydrogen) atoms. The molecule has 176 valence electrons. The molecular weight excluding hydrogens is 435 g/mol. The van der Waals surface area contributed by atoms with Crippen molar-refractivity contribution in [3.63, 3.8) is 0 Å². The number of hydrogen-bond donors (Lipinski definition) is 1. The summed E-state index contributed by atoms with van der Waals surface area (Å²) < 4.78 is 51.1. The maximum atomic E-state index is 13.4. The average Bonchev–Trinajstić information content (AvgIpc) is 3.14. The molecular formula is C24H26F3N3O3. The Morgan fingerprint density at radius 1 is 1.15 bits per heavy atom. The number of amides is 1. The highest BCUT2D eigenvalue weighted by Gasteiger charge is 2.34. The largest absolute Gasteiger partial charge is 0.487 e. The van der Waals surface area contributed by atoms with Crippen molar-refractivity contribution in [1.82, 2.24) is 0 Å². The van der Waals surface area contributed by atoms with Gasteiger partial charge in [0.15, 0.2) is 0 Å². The minimum absolute atomic E-state index is 0.127. The first-order valence-electron chi connectivity index (χ1n) is 10.4. The molecule has 2 N–H and O–H groups in total. The van der Waals surface area contributed by atoms with Gasteiger partial charge in [-0.05, 0) is 69.2 Å². The van der Waals surface area contributed by atoms with Crippen LogP contribution in [0.5, 0.6) is 5.75 Å². The van der Waals surface area contributed by atoms with Gasteiger partial charge in [0.2, 0.25) is 0 Å². The summed E-state index contributed by atoms with van der Waals surface area (Å²) >= 11 is 0. The van der Waals surface area contributed by atoms with Crippen molar-refractivity contribution in [3.8, 4) is 5.75 Å². The normalized spacial score (nSPS) is 14.8. The Labute approximate surface area is 190 Å². The smallest absolute Gasteiger partial charge is 0.433 e. The zero-order valence-corrected chi connectivity index (χ0v) is 18.6. The van der Waals surface area contributed by atoms with E-state index < -0.39 is 23.6 Å². The molecule has 0 saturated heterocycles. The molecule has 6 nitrogen and oxygen atoms in total. The van der Waals surface area contributed by atoms with Crippen molar-refractivity contribution in [2.24, 2.45) is 10.7 Å². The fourth-order valence-electron chi connectivity index (χ4n) is 3.18.